The van der Waals surface area contributed by atoms with Crippen molar-refractivity contribution >= 4 is 29.1 Å². The highest BCUT2D eigenvalue weighted by molar-refractivity contribution is 6.01. The summed E-state index contributed by atoms with van der Waals surface area (Å²) in [6.45, 7) is 3.57. The highest BCUT2D eigenvalue weighted by Gasteiger charge is 2.46. The van der Waals surface area contributed by atoms with Crippen LogP contribution in [0, 0.1) is 0 Å². The number of hydrogen-bond acceptors (Lipinski definition) is 6. The molecule has 1 unspecified atom stereocenters. The van der Waals surface area contributed by atoms with E-state index in [1.165, 1.54) is 36.2 Å². The minimum absolute atomic E-state index is 0.153. The molecular weight excluding hydrogens is 476 g/mol. The van der Waals surface area contributed by atoms with Gasteiger partial charge in [-0.2, -0.15) is 13.8 Å². The van der Waals surface area contributed by atoms with Crippen LogP contribution in [-0.4, -0.2) is 45.8 Å². The first kappa shape index (κ1) is 24.1. The van der Waals surface area contributed by atoms with Gasteiger partial charge in [0, 0.05) is 44.1 Å². The van der Waals surface area contributed by atoms with Crippen LogP contribution in [0.5, 0.6) is 0 Å². The number of anilines is 2. The zero-order valence-corrected chi connectivity index (χ0v) is 21.1. The minimum atomic E-state index is -3.06. The van der Waals surface area contributed by atoms with E-state index in [9.17, 15) is 13.6 Å². The monoisotopic (exact) mass is 508 g/mol. The van der Waals surface area contributed by atoms with Crippen molar-refractivity contribution in [2.24, 2.45) is 4.99 Å². The lowest BCUT2D eigenvalue weighted by atomic mass is 9.92. The van der Waals surface area contributed by atoms with E-state index in [1.54, 1.807) is 18.3 Å². The number of carbonyl (C=O) groups excluding carboxylic acids is 1. The van der Waals surface area contributed by atoms with Crippen molar-refractivity contribution in [1.29, 1.82) is 0 Å². The highest BCUT2D eigenvalue weighted by atomic mass is 19.3. The van der Waals surface area contributed by atoms with Crippen LogP contribution in [0.4, 0.5) is 26.2 Å². The summed E-state index contributed by atoms with van der Waals surface area (Å²) in [5.41, 5.74) is 2.76. The van der Waals surface area contributed by atoms with E-state index in [-0.39, 0.29) is 23.2 Å². The van der Waals surface area contributed by atoms with Gasteiger partial charge in [0.1, 0.15) is 11.3 Å². The Morgan fingerprint density at radius 2 is 2.08 bits per heavy atom. The van der Waals surface area contributed by atoms with Crippen LogP contribution in [-0.2, 0) is 12.0 Å². The van der Waals surface area contributed by atoms with Crippen molar-refractivity contribution in [3.05, 3.63) is 53.2 Å². The molecule has 1 atom stereocenters. The molecular formula is C27H32F2N7O+. The molecule has 1 aromatic heterocycles. The van der Waals surface area contributed by atoms with E-state index in [4.69, 9.17) is 0 Å². The van der Waals surface area contributed by atoms with Crippen LogP contribution in [0.25, 0.3) is 0 Å². The lowest BCUT2D eigenvalue weighted by Crippen LogP contribution is -2.91. The number of fused-ring (bicyclic) bond motifs is 2. The Morgan fingerprint density at radius 1 is 1.27 bits per heavy atom. The number of nitrogens with zero attached hydrogens (tertiary/aromatic N) is 3. The molecule has 2 aliphatic heterocycles. The lowest BCUT2D eigenvalue weighted by Gasteiger charge is -2.27. The molecule has 0 saturated heterocycles. The molecule has 0 radical (unpaired) electrons. The molecule has 8 nitrogen and oxygen atoms in total. The Hall–Kier alpha value is -3.24. The van der Waals surface area contributed by atoms with E-state index < -0.39 is 11.6 Å². The summed E-state index contributed by atoms with van der Waals surface area (Å²) in [6, 6.07) is 6.50. The molecule has 1 amide bonds. The third-order valence-electron chi connectivity index (χ3n) is 7.54. The molecule has 6 rings (SSSR count). The minimum Gasteiger partial charge on any atom is -0.349 e. The first-order valence-electron chi connectivity index (χ1n) is 13.0. The van der Waals surface area contributed by atoms with E-state index >= 15 is 0 Å². The van der Waals surface area contributed by atoms with Gasteiger partial charge in [0.05, 0.1) is 6.20 Å². The number of benzene rings is 1. The van der Waals surface area contributed by atoms with Gasteiger partial charge >= 0.3 is 0 Å². The Balaban J connectivity index is 1.29. The van der Waals surface area contributed by atoms with Gasteiger partial charge in [-0.05, 0) is 61.4 Å². The van der Waals surface area contributed by atoms with Crippen LogP contribution >= 0.6 is 0 Å². The predicted molar refractivity (Wildman–Crippen MR) is 137 cm³/mol. The summed E-state index contributed by atoms with van der Waals surface area (Å²) < 4.78 is 28.1. The van der Waals surface area contributed by atoms with E-state index in [1.807, 2.05) is 6.07 Å². The third-order valence-corrected chi connectivity index (χ3v) is 7.54. The molecule has 2 fully saturated rings. The van der Waals surface area contributed by atoms with Crippen molar-refractivity contribution < 1.29 is 18.9 Å². The Labute approximate surface area is 214 Å². The second-order valence-corrected chi connectivity index (χ2v) is 11.0. The first-order chi connectivity index (χ1) is 17.6. The van der Waals surface area contributed by atoms with Gasteiger partial charge in [0.15, 0.2) is 5.66 Å². The van der Waals surface area contributed by atoms with Gasteiger partial charge in [-0.15, -0.1) is 0 Å². The summed E-state index contributed by atoms with van der Waals surface area (Å²) in [7, 11) is 0. The van der Waals surface area contributed by atoms with Gasteiger partial charge in [0.2, 0.25) is 11.8 Å². The van der Waals surface area contributed by atoms with Crippen molar-refractivity contribution in [2.45, 2.75) is 75.5 Å². The highest BCUT2D eigenvalue weighted by Crippen LogP contribution is 2.48. The molecule has 3 heterocycles. The molecule has 2 saturated carbocycles. The molecule has 1 aromatic carbocycles. The topological polar surface area (TPSA) is 108 Å². The van der Waals surface area contributed by atoms with Gasteiger partial charge in [-0.25, -0.2) is 9.98 Å². The SMILES string of the molecule is CC1([NH2+]c2nc(Nc3ccc4c(c3)CCNC43CC3)ncc2C(=O)NC2CC2)CC=CC(C(C)(F)F)=N1. The average molecular weight is 509 g/mol. The van der Waals surface area contributed by atoms with Gasteiger partial charge in [-0.1, -0.05) is 12.1 Å². The van der Waals surface area contributed by atoms with Crippen LogP contribution < -0.4 is 21.3 Å². The number of nitrogens with one attached hydrogen (secondary N) is 3. The van der Waals surface area contributed by atoms with Crippen molar-refractivity contribution in [1.82, 2.24) is 20.6 Å². The maximum atomic E-state index is 14.0. The fraction of sp³-hybridized carbons (Fsp3) is 0.481. The number of hydrogen-bond donors (Lipinski definition) is 4. The average Bonchev–Trinajstić information content (AvgIpc) is 3.77. The number of allylic oxidation sites excluding steroid dienone is 1. The number of amides is 1. The number of carbonyl (C=O) groups is 1. The van der Waals surface area contributed by atoms with Crippen molar-refractivity contribution in [3.8, 4) is 0 Å². The molecule has 5 N–H and O–H groups in total. The Kier molecular flexibility index (Phi) is 5.65. The number of aliphatic imine (C=N–C) groups is 1. The zero-order valence-electron chi connectivity index (χ0n) is 21.1. The number of aromatic nitrogens is 2. The van der Waals surface area contributed by atoms with Crippen LogP contribution in [0.15, 0.2) is 41.5 Å². The van der Waals surface area contributed by atoms with E-state index in [0.29, 0.717) is 23.8 Å². The number of halogens is 2. The molecule has 4 aliphatic rings. The van der Waals surface area contributed by atoms with Crippen molar-refractivity contribution in [2.75, 3.05) is 11.9 Å². The largest absolute Gasteiger partial charge is 0.349 e. The van der Waals surface area contributed by atoms with Gasteiger partial charge < -0.3 is 16.0 Å². The van der Waals surface area contributed by atoms with Crippen LogP contribution in [0.3, 0.4) is 0 Å². The second kappa shape index (κ2) is 8.66. The summed E-state index contributed by atoms with van der Waals surface area (Å²) in [6.07, 6.45) is 10.2. The quantitative estimate of drug-likeness (QED) is 0.460. The zero-order chi connectivity index (χ0) is 25.8. The van der Waals surface area contributed by atoms with Crippen LogP contribution in [0.2, 0.25) is 0 Å². The Bertz CT molecular complexity index is 1310. The standard InChI is InChI=1S/C27H31F2N7O/c1-25(10-3-4-21(35-25)26(2,28)29)36-22-19(23(37)32-17-5-6-17)15-30-24(34-22)33-18-7-8-20-16(14-18)9-13-31-27(20)11-12-27/h3-4,7-8,14-15,17,31H,5-6,9-13H2,1-2H3,(H,32,37)(H2,30,33,34,36)/p+1. The molecule has 1 spiro atoms. The number of quaternary nitrogens is 1. The van der Waals surface area contributed by atoms with E-state index in [2.05, 4.69) is 43.0 Å². The fourth-order valence-electron chi connectivity index (χ4n) is 5.21. The smallest absolute Gasteiger partial charge is 0.286 e. The van der Waals surface area contributed by atoms with Gasteiger partial charge in [0.25, 0.3) is 11.8 Å². The molecule has 37 heavy (non-hydrogen) atoms. The van der Waals surface area contributed by atoms with Crippen LogP contribution in [0.1, 0.15) is 67.4 Å². The number of nitrogens with two attached hydrogens (primary N) is 1. The predicted octanol–water partition coefficient (Wildman–Crippen LogP) is 3.21. The fourth-order valence-corrected chi connectivity index (χ4v) is 5.21. The maximum absolute atomic E-state index is 14.0. The summed E-state index contributed by atoms with van der Waals surface area (Å²) in [4.78, 5) is 26.4. The van der Waals surface area contributed by atoms with E-state index in [0.717, 1.165) is 38.4 Å². The lowest BCUT2D eigenvalue weighted by molar-refractivity contribution is -0.651. The molecule has 0 bridgehead atoms. The molecule has 2 aliphatic carbocycles. The summed E-state index contributed by atoms with van der Waals surface area (Å²) in [5, 5.41) is 11.6. The molecule has 194 valence electrons. The normalized spacial score (nSPS) is 23.8. The molecule has 10 heteroatoms. The first-order valence-corrected chi connectivity index (χ1v) is 13.0. The van der Waals surface area contributed by atoms with Crippen molar-refractivity contribution in [3.63, 3.8) is 0 Å². The number of alkyl halides is 2. The number of dihydropyridines is 1. The van der Waals surface area contributed by atoms with Gasteiger partial charge in [-0.3, -0.25) is 10.1 Å². The summed E-state index contributed by atoms with van der Waals surface area (Å²) >= 11 is 0. The Morgan fingerprint density at radius 3 is 2.81 bits per heavy atom. The third kappa shape index (κ3) is 5.00. The number of rotatable bonds is 7. The molecule has 2 aromatic rings. The summed E-state index contributed by atoms with van der Waals surface area (Å²) in [5.74, 6) is -2.62. The maximum Gasteiger partial charge on any atom is 0.286 e. The second-order valence-electron chi connectivity index (χ2n) is 11.0.